The standard InChI is InChI=1S/C24H23N5O3/c30-22-7-6-21(18-8-10-25-11-9-18)26-29(22)15-17-13-27(14-17)24(32)19-12-23(31)28(16-19)20-4-2-1-3-5-20/h1-11,17,19H,12-16H2. The van der Waals surface area contributed by atoms with Crippen molar-refractivity contribution in [3.63, 3.8) is 0 Å². The second-order valence-electron chi connectivity index (χ2n) is 8.32. The third-order valence-electron chi connectivity index (χ3n) is 6.08. The number of benzene rings is 1. The lowest BCUT2D eigenvalue weighted by Crippen LogP contribution is -2.54. The van der Waals surface area contributed by atoms with Crippen molar-refractivity contribution in [2.75, 3.05) is 24.5 Å². The fourth-order valence-corrected chi connectivity index (χ4v) is 4.35. The van der Waals surface area contributed by atoms with Crippen LogP contribution < -0.4 is 10.5 Å². The fraction of sp³-hybridized carbons (Fsp3) is 0.292. The monoisotopic (exact) mass is 429 g/mol. The van der Waals surface area contributed by atoms with E-state index in [2.05, 4.69) is 10.1 Å². The van der Waals surface area contributed by atoms with Gasteiger partial charge in [0.25, 0.3) is 5.56 Å². The van der Waals surface area contributed by atoms with E-state index in [0.29, 0.717) is 31.9 Å². The average Bonchev–Trinajstić information content (AvgIpc) is 3.19. The van der Waals surface area contributed by atoms with Gasteiger partial charge in [-0.2, -0.15) is 5.10 Å². The Morgan fingerprint density at radius 2 is 1.69 bits per heavy atom. The van der Waals surface area contributed by atoms with E-state index >= 15 is 0 Å². The Morgan fingerprint density at radius 3 is 2.44 bits per heavy atom. The van der Waals surface area contributed by atoms with Gasteiger partial charge in [0.15, 0.2) is 0 Å². The lowest BCUT2D eigenvalue weighted by Gasteiger charge is -2.40. The molecule has 3 aromatic rings. The summed E-state index contributed by atoms with van der Waals surface area (Å²) in [5, 5.41) is 4.49. The molecule has 1 atom stereocenters. The van der Waals surface area contributed by atoms with Gasteiger partial charge in [0, 0.05) is 61.7 Å². The second-order valence-corrected chi connectivity index (χ2v) is 8.32. The molecule has 0 radical (unpaired) electrons. The van der Waals surface area contributed by atoms with Gasteiger partial charge in [-0.3, -0.25) is 19.4 Å². The fourth-order valence-electron chi connectivity index (χ4n) is 4.35. The van der Waals surface area contributed by atoms with Crippen LogP contribution in [-0.4, -0.2) is 51.1 Å². The molecule has 2 amide bonds. The molecule has 0 aliphatic carbocycles. The number of aromatic nitrogens is 3. The molecule has 2 aromatic heterocycles. The van der Waals surface area contributed by atoms with Crippen LogP contribution in [0.25, 0.3) is 11.3 Å². The van der Waals surface area contributed by atoms with Crippen molar-refractivity contribution in [2.45, 2.75) is 13.0 Å². The smallest absolute Gasteiger partial charge is 0.266 e. The van der Waals surface area contributed by atoms with Gasteiger partial charge >= 0.3 is 0 Å². The first-order chi connectivity index (χ1) is 15.6. The lowest BCUT2D eigenvalue weighted by molar-refractivity contribution is -0.142. The van der Waals surface area contributed by atoms with Crippen LogP contribution in [0, 0.1) is 11.8 Å². The Kier molecular flexibility index (Phi) is 5.26. The predicted molar refractivity (Wildman–Crippen MR) is 119 cm³/mol. The van der Waals surface area contributed by atoms with E-state index in [4.69, 9.17) is 0 Å². The Balaban J connectivity index is 1.19. The van der Waals surface area contributed by atoms with Crippen LogP contribution in [0.2, 0.25) is 0 Å². The molecule has 0 saturated carbocycles. The second kappa shape index (κ2) is 8.37. The summed E-state index contributed by atoms with van der Waals surface area (Å²) in [5.41, 5.74) is 2.28. The summed E-state index contributed by atoms with van der Waals surface area (Å²) in [4.78, 5) is 45.1. The minimum absolute atomic E-state index is 0.0128. The molecular weight excluding hydrogens is 406 g/mol. The maximum atomic E-state index is 12.9. The zero-order valence-electron chi connectivity index (χ0n) is 17.5. The predicted octanol–water partition coefficient (Wildman–Crippen LogP) is 1.82. The number of likely N-dealkylation sites (tertiary alicyclic amines) is 1. The number of hydrogen-bond acceptors (Lipinski definition) is 5. The van der Waals surface area contributed by atoms with Gasteiger partial charge in [-0.15, -0.1) is 0 Å². The van der Waals surface area contributed by atoms with Crippen molar-refractivity contribution in [2.24, 2.45) is 11.8 Å². The Labute approximate surface area is 185 Å². The van der Waals surface area contributed by atoms with Crippen LogP contribution in [0.3, 0.4) is 0 Å². The molecule has 8 nitrogen and oxygen atoms in total. The van der Waals surface area contributed by atoms with Gasteiger partial charge in [0.05, 0.1) is 18.2 Å². The van der Waals surface area contributed by atoms with Crippen molar-refractivity contribution >= 4 is 17.5 Å². The number of amides is 2. The van der Waals surface area contributed by atoms with E-state index in [0.717, 1.165) is 11.3 Å². The van der Waals surface area contributed by atoms with E-state index < -0.39 is 0 Å². The molecular formula is C24H23N5O3. The maximum Gasteiger partial charge on any atom is 0.266 e. The van der Waals surface area contributed by atoms with Crippen LogP contribution in [0.15, 0.2) is 71.8 Å². The summed E-state index contributed by atoms with van der Waals surface area (Å²) in [7, 11) is 0. The minimum atomic E-state index is -0.320. The van der Waals surface area contributed by atoms with Crippen LogP contribution in [0.1, 0.15) is 6.42 Å². The molecule has 32 heavy (non-hydrogen) atoms. The zero-order valence-corrected chi connectivity index (χ0v) is 17.5. The summed E-state index contributed by atoms with van der Waals surface area (Å²) in [6.45, 7) is 2.02. The molecule has 162 valence electrons. The molecule has 1 aromatic carbocycles. The van der Waals surface area contributed by atoms with E-state index in [1.807, 2.05) is 42.5 Å². The first kappa shape index (κ1) is 20.1. The SMILES string of the molecule is O=C(C1CC(=O)N(c2ccccc2)C1)N1CC(Cn2nc(-c3ccncc3)ccc2=O)C1. The minimum Gasteiger partial charge on any atom is -0.342 e. The normalized spacial score (nSPS) is 18.6. The molecule has 5 rings (SSSR count). The Hall–Kier alpha value is -3.81. The highest BCUT2D eigenvalue weighted by Gasteiger charge is 2.40. The van der Waals surface area contributed by atoms with Crippen molar-refractivity contribution < 1.29 is 9.59 Å². The third kappa shape index (κ3) is 3.91. The molecule has 0 N–H and O–H groups in total. The van der Waals surface area contributed by atoms with Crippen molar-refractivity contribution in [3.8, 4) is 11.3 Å². The summed E-state index contributed by atoms with van der Waals surface area (Å²) in [5.74, 6) is -0.159. The topological polar surface area (TPSA) is 88.4 Å². The zero-order chi connectivity index (χ0) is 22.1. The molecule has 2 saturated heterocycles. The van der Waals surface area contributed by atoms with Gasteiger partial charge in [-0.25, -0.2) is 4.68 Å². The van der Waals surface area contributed by atoms with Crippen LogP contribution >= 0.6 is 0 Å². The van der Waals surface area contributed by atoms with Gasteiger partial charge in [0.1, 0.15) is 0 Å². The molecule has 8 heteroatoms. The van der Waals surface area contributed by atoms with Crippen molar-refractivity contribution in [3.05, 3.63) is 77.3 Å². The van der Waals surface area contributed by atoms with Crippen LogP contribution in [-0.2, 0) is 16.1 Å². The number of para-hydroxylation sites is 1. The number of hydrogen-bond donors (Lipinski definition) is 0. The summed E-state index contributed by atoms with van der Waals surface area (Å²) < 4.78 is 1.47. The van der Waals surface area contributed by atoms with E-state index in [1.165, 1.54) is 10.7 Å². The largest absolute Gasteiger partial charge is 0.342 e. The number of anilines is 1. The summed E-state index contributed by atoms with van der Waals surface area (Å²) in [6, 6.07) is 16.4. The first-order valence-electron chi connectivity index (χ1n) is 10.7. The summed E-state index contributed by atoms with van der Waals surface area (Å²) in [6.07, 6.45) is 3.62. The Morgan fingerprint density at radius 1 is 0.938 bits per heavy atom. The van der Waals surface area contributed by atoms with Crippen LogP contribution in [0.4, 0.5) is 5.69 Å². The molecule has 0 spiro atoms. The number of pyridine rings is 1. The highest BCUT2D eigenvalue weighted by Crippen LogP contribution is 2.28. The van der Waals surface area contributed by atoms with E-state index in [-0.39, 0.29) is 35.6 Å². The number of carbonyl (C=O) groups excluding carboxylic acids is 2. The molecule has 2 aliphatic heterocycles. The van der Waals surface area contributed by atoms with Gasteiger partial charge in [-0.05, 0) is 30.3 Å². The molecule has 1 unspecified atom stereocenters. The first-order valence-corrected chi connectivity index (χ1v) is 10.7. The van der Waals surface area contributed by atoms with Crippen molar-refractivity contribution in [1.82, 2.24) is 19.7 Å². The van der Waals surface area contributed by atoms with Gasteiger partial charge < -0.3 is 9.80 Å². The molecule has 0 bridgehead atoms. The maximum absolute atomic E-state index is 12.9. The molecule has 2 aliphatic rings. The number of nitrogens with zero attached hydrogens (tertiary/aromatic N) is 5. The quantitative estimate of drug-likeness (QED) is 0.617. The Bertz CT molecular complexity index is 1190. The average molecular weight is 429 g/mol. The van der Waals surface area contributed by atoms with Gasteiger partial charge in [0.2, 0.25) is 11.8 Å². The van der Waals surface area contributed by atoms with Gasteiger partial charge in [-0.1, -0.05) is 18.2 Å². The highest BCUT2D eigenvalue weighted by atomic mass is 16.2. The number of rotatable bonds is 5. The van der Waals surface area contributed by atoms with E-state index in [9.17, 15) is 14.4 Å². The van der Waals surface area contributed by atoms with Crippen LogP contribution in [0.5, 0.6) is 0 Å². The van der Waals surface area contributed by atoms with Crippen molar-refractivity contribution in [1.29, 1.82) is 0 Å². The highest BCUT2D eigenvalue weighted by molar-refractivity contribution is 6.00. The third-order valence-corrected chi connectivity index (χ3v) is 6.08. The number of carbonyl (C=O) groups is 2. The lowest BCUT2D eigenvalue weighted by atomic mass is 9.96. The van der Waals surface area contributed by atoms with E-state index in [1.54, 1.807) is 28.3 Å². The summed E-state index contributed by atoms with van der Waals surface area (Å²) >= 11 is 0. The molecule has 2 fully saturated rings. The molecule has 4 heterocycles.